The molecule has 1 aromatic carbocycles. The van der Waals surface area contributed by atoms with Gasteiger partial charge < -0.3 is 9.84 Å². The van der Waals surface area contributed by atoms with E-state index in [1.165, 1.54) is 15.4 Å². The molecule has 9 heteroatoms. The molecule has 0 bridgehead atoms. The number of aromatic nitrogens is 1. The second-order valence-corrected chi connectivity index (χ2v) is 10.7. The molecule has 2 aliphatic heterocycles. The Bertz CT molecular complexity index is 1050. The van der Waals surface area contributed by atoms with Gasteiger partial charge >= 0.3 is 0 Å². The van der Waals surface area contributed by atoms with E-state index in [2.05, 4.69) is 39.6 Å². The van der Waals surface area contributed by atoms with E-state index in [0.29, 0.717) is 31.6 Å². The van der Waals surface area contributed by atoms with Crippen LogP contribution < -0.4 is 5.32 Å². The molecule has 1 fully saturated rings. The van der Waals surface area contributed by atoms with Crippen LogP contribution in [-0.2, 0) is 27.8 Å². The maximum atomic E-state index is 13.1. The number of rotatable bonds is 7. The van der Waals surface area contributed by atoms with Crippen LogP contribution in [0.5, 0.6) is 0 Å². The van der Waals surface area contributed by atoms with Gasteiger partial charge in [-0.25, -0.2) is 8.42 Å². The molecule has 1 atom stereocenters. The summed E-state index contributed by atoms with van der Waals surface area (Å²) >= 11 is 0. The largest absolute Gasteiger partial charge is 0.360 e. The van der Waals surface area contributed by atoms with Crippen molar-refractivity contribution in [2.24, 2.45) is 5.92 Å². The van der Waals surface area contributed by atoms with E-state index < -0.39 is 10.0 Å². The van der Waals surface area contributed by atoms with Gasteiger partial charge in [0.15, 0.2) is 5.76 Å². The van der Waals surface area contributed by atoms with Crippen LogP contribution in [0.3, 0.4) is 0 Å². The molecular formula is C23H32N4O4S. The molecule has 174 valence electrons. The van der Waals surface area contributed by atoms with Crippen molar-refractivity contribution in [3.8, 4) is 0 Å². The van der Waals surface area contributed by atoms with Crippen LogP contribution in [0.2, 0.25) is 0 Å². The van der Waals surface area contributed by atoms with Gasteiger partial charge in [0, 0.05) is 39.3 Å². The average molecular weight is 461 g/mol. The van der Waals surface area contributed by atoms with Gasteiger partial charge in [-0.15, -0.1) is 0 Å². The van der Waals surface area contributed by atoms with E-state index in [1.54, 1.807) is 13.8 Å². The van der Waals surface area contributed by atoms with Crippen molar-refractivity contribution >= 4 is 15.9 Å². The highest BCUT2D eigenvalue weighted by Gasteiger charge is 2.36. The molecule has 1 N–H and O–H groups in total. The average Bonchev–Trinajstić information content (AvgIpc) is 3.15. The van der Waals surface area contributed by atoms with Crippen molar-refractivity contribution in [2.75, 3.05) is 32.7 Å². The predicted molar refractivity (Wildman–Crippen MR) is 121 cm³/mol. The summed E-state index contributed by atoms with van der Waals surface area (Å²) in [6, 6.07) is 8.57. The fourth-order valence-electron chi connectivity index (χ4n) is 4.75. The molecule has 1 saturated heterocycles. The molecule has 0 aliphatic carbocycles. The molecule has 0 saturated carbocycles. The molecule has 32 heavy (non-hydrogen) atoms. The standard InChI is InChI=1S/C23H32N4O4S/c1-17-22(18(2)31-25-17)32(29,30)27-13-5-9-21(16-27)23(28)24-11-6-12-26-14-10-19-7-3-4-8-20(19)15-26/h3-4,7-8,21H,5-6,9-16H2,1-2H3,(H,24,28). The van der Waals surface area contributed by atoms with Crippen LogP contribution in [0.4, 0.5) is 0 Å². The van der Waals surface area contributed by atoms with Gasteiger partial charge in [-0.3, -0.25) is 9.69 Å². The minimum atomic E-state index is -3.72. The number of carbonyl (C=O) groups excluding carboxylic acids is 1. The molecule has 8 nitrogen and oxygen atoms in total. The van der Waals surface area contributed by atoms with Crippen LogP contribution in [-0.4, -0.2) is 61.4 Å². The maximum Gasteiger partial charge on any atom is 0.248 e. The van der Waals surface area contributed by atoms with Gasteiger partial charge in [-0.05, 0) is 50.7 Å². The Balaban J connectivity index is 1.25. The van der Waals surface area contributed by atoms with E-state index >= 15 is 0 Å². The van der Waals surface area contributed by atoms with Gasteiger partial charge in [0.2, 0.25) is 15.9 Å². The van der Waals surface area contributed by atoms with Crippen molar-refractivity contribution in [2.45, 2.75) is 51.0 Å². The number of nitrogens with zero attached hydrogens (tertiary/aromatic N) is 3. The maximum absolute atomic E-state index is 13.1. The lowest BCUT2D eigenvalue weighted by Gasteiger charge is -2.31. The van der Waals surface area contributed by atoms with Crippen molar-refractivity contribution in [3.63, 3.8) is 0 Å². The molecule has 1 unspecified atom stereocenters. The Kier molecular flexibility index (Phi) is 6.97. The zero-order chi connectivity index (χ0) is 22.7. The third-order valence-corrected chi connectivity index (χ3v) is 8.59. The first kappa shape index (κ1) is 22.9. The molecule has 4 rings (SSSR count). The number of piperidine rings is 1. The second-order valence-electron chi connectivity index (χ2n) is 8.79. The van der Waals surface area contributed by atoms with Crippen molar-refractivity contribution in [1.29, 1.82) is 0 Å². The third kappa shape index (κ3) is 4.89. The summed E-state index contributed by atoms with van der Waals surface area (Å²) < 4.78 is 32.6. The Labute approximate surface area is 190 Å². The number of aryl methyl sites for hydroxylation is 2. The van der Waals surface area contributed by atoms with Gasteiger partial charge in [-0.2, -0.15) is 4.31 Å². The highest BCUT2D eigenvalue weighted by Crippen LogP contribution is 2.27. The fraction of sp³-hybridized carbons (Fsp3) is 0.565. The molecule has 3 heterocycles. The van der Waals surface area contributed by atoms with Crippen molar-refractivity contribution in [1.82, 2.24) is 19.7 Å². The summed E-state index contributed by atoms with van der Waals surface area (Å²) in [6.45, 7) is 7.37. The molecule has 1 amide bonds. The molecule has 0 spiro atoms. The van der Waals surface area contributed by atoms with E-state index in [0.717, 1.165) is 32.5 Å². The molecular weight excluding hydrogens is 428 g/mol. The normalized spacial score (nSPS) is 20.1. The number of nitrogens with one attached hydrogen (secondary N) is 1. The summed E-state index contributed by atoms with van der Waals surface area (Å²) in [5, 5.41) is 6.79. The highest BCUT2D eigenvalue weighted by atomic mass is 32.2. The lowest BCUT2D eigenvalue weighted by molar-refractivity contribution is -0.126. The summed E-state index contributed by atoms with van der Waals surface area (Å²) in [5.41, 5.74) is 3.18. The summed E-state index contributed by atoms with van der Waals surface area (Å²) in [5.74, 6) is -0.108. The number of sulfonamides is 1. The Morgan fingerprint density at radius 1 is 1.22 bits per heavy atom. The fourth-order valence-corrected chi connectivity index (χ4v) is 6.57. The molecule has 0 radical (unpaired) electrons. The van der Waals surface area contributed by atoms with Gasteiger partial charge in [0.25, 0.3) is 0 Å². The van der Waals surface area contributed by atoms with Crippen molar-refractivity contribution in [3.05, 3.63) is 46.8 Å². The minimum absolute atomic E-state index is 0.0624. The van der Waals surface area contributed by atoms with Crippen LogP contribution in [0.25, 0.3) is 0 Å². The van der Waals surface area contributed by atoms with Crippen LogP contribution in [0, 0.1) is 19.8 Å². The zero-order valence-corrected chi connectivity index (χ0v) is 19.7. The lowest BCUT2D eigenvalue weighted by atomic mass is 9.98. The first-order valence-corrected chi connectivity index (χ1v) is 12.8. The number of benzene rings is 1. The van der Waals surface area contributed by atoms with E-state index in [-0.39, 0.29) is 29.0 Å². The van der Waals surface area contributed by atoms with E-state index in [4.69, 9.17) is 4.52 Å². The number of hydrogen-bond acceptors (Lipinski definition) is 6. The third-order valence-electron chi connectivity index (χ3n) is 6.48. The number of carbonyl (C=O) groups is 1. The second kappa shape index (κ2) is 9.72. The SMILES string of the molecule is Cc1noc(C)c1S(=O)(=O)N1CCCC(C(=O)NCCCN2CCc3ccccc3C2)C1. The Hall–Kier alpha value is -2.23. The number of fused-ring (bicyclic) bond motifs is 1. The molecule has 2 aromatic rings. The first-order chi connectivity index (χ1) is 15.4. The topological polar surface area (TPSA) is 95.8 Å². The summed E-state index contributed by atoms with van der Waals surface area (Å²) in [7, 11) is -3.72. The van der Waals surface area contributed by atoms with E-state index in [1.807, 2.05) is 0 Å². The Morgan fingerprint density at radius 2 is 2.00 bits per heavy atom. The van der Waals surface area contributed by atoms with Gasteiger partial charge in [-0.1, -0.05) is 29.4 Å². The molecule has 1 aromatic heterocycles. The minimum Gasteiger partial charge on any atom is -0.360 e. The number of amides is 1. The monoisotopic (exact) mass is 460 g/mol. The van der Waals surface area contributed by atoms with Crippen LogP contribution in [0.15, 0.2) is 33.7 Å². The quantitative estimate of drug-likeness (QED) is 0.637. The number of hydrogen-bond donors (Lipinski definition) is 1. The van der Waals surface area contributed by atoms with Crippen LogP contribution in [0.1, 0.15) is 41.8 Å². The summed E-state index contributed by atoms with van der Waals surface area (Å²) in [4.78, 5) is 15.3. The smallest absolute Gasteiger partial charge is 0.248 e. The highest BCUT2D eigenvalue weighted by molar-refractivity contribution is 7.89. The first-order valence-electron chi connectivity index (χ1n) is 11.4. The van der Waals surface area contributed by atoms with Gasteiger partial charge in [0.05, 0.1) is 5.92 Å². The van der Waals surface area contributed by atoms with E-state index in [9.17, 15) is 13.2 Å². The lowest BCUT2D eigenvalue weighted by Crippen LogP contribution is -2.46. The Morgan fingerprint density at radius 3 is 2.75 bits per heavy atom. The summed E-state index contributed by atoms with van der Waals surface area (Å²) in [6.07, 6.45) is 3.30. The predicted octanol–water partition coefficient (Wildman–Crippen LogP) is 2.26. The molecule has 2 aliphatic rings. The zero-order valence-electron chi connectivity index (χ0n) is 18.8. The van der Waals surface area contributed by atoms with Gasteiger partial charge in [0.1, 0.15) is 10.6 Å². The van der Waals surface area contributed by atoms with Crippen LogP contribution >= 0.6 is 0 Å². The van der Waals surface area contributed by atoms with Crippen molar-refractivity contribution < 1.29 is 17.7 Å².